The molecule has 11 heavy (non-hydrogen) atoms. The third-order valence-corrected chi connectivity index (χ3v) is 1.25. The molecule has 0 aromatic carbocycles. The van der Waals surface area contributed by atoms with E-state index in [1.54, 1.807) is 0 Å². The van der Waals surface area contributed by atoms with Gasteiger partial charge in [-0.1, -0.05) is 0 Å². The number of alkyl halides is 1. The lowest BCUT2D eigenvalue weighted by atomic mass is 10.1. The molecule has 0 aromatic heterocycles. The van der Waals surface area contributed by atoms with Gasteiger partial charge in [-0.3, -0.25) is 4.79 Å². The van der Waals surface area contributed by atoms with Crippen LogP contribution in [0.1, 0.15) is 6.92 Å². The molecular formula is C6H8ClNO3. The predicted octanol–water partition coefficient (Wildman–Crippen LogP) is 0.112. The Labute approximate surface area is 68.6 Å². The molecule has 0 aromatic rings. The van der Waals surface area contributed by atoms with Gasteiger partial charge >= 0.3 is 5.97 Å². The largest absolute Gasteiger partial charge is 0.477 e. The number of carbonyl (C=O) groups excluding carboxylic acids is 1. The van der Waals surface area contributed by atoms with Gasteiger partial charge in [0, 0.05) is 5.70 Å². The standard InChI is InChI=1S/C6H8ClNO3/c1-3(8)5(6(10)11)4(9)2-7/h2,8H2,1H3,(H,10,11). The summed E-state index contributed by atoms with van der Waals surface area (Å²) in [5, 5.41) is 8.43. The molecule has 0 bridgehead atoms. The molecule has 62 valence electrons. The van der Waals surface area contributed by atoms with Crippen LogP contribution in [0.3, 0.4) is 0 Å². The fourth-order valence-corrected chi connectivity index (χ4v) is 0.708. The van der Waals surface area contributed by atoms with Gasteiger partial charge in [0.2, 0.25) is 0 Å². The van der Waals surface area contributed by atoms with Gasteiger partial charge in [0.25, 0.3) is 0 Å². The fraction of sp³-hybridized carbons (Fsp3) is 0.333. The number of carboxylic acid groups (broad SMARTS) is 1. The Morgan fingerprint density at radius 3 is 2.09 bits per heavy atom. The molecule has 5 heteroatoms. The minimum Gasteiger partial charge on any atom is -0.477 e. The molecular weight excluding hydrogens is 170 g/mol. The Morgan fingerprint density at radius 1 is 1.55 bits per heavy atom. The highest BCUT2D eigenvalue weighted by Crippen LogP contribution is 2.01. The summed E-state index contributed by atoms with van der Waals surface area (Å²) in [7, 11) is 0. The zero-order valence-electron chi connectivity index (χ0n) is 5.93. The molecule has 0 aliphatic carbocycles. The van der Waals surface area contributed by atoms with E-state index < -0.39 is 17.3 Å². The number of carboxylic acids is 1. The Kier molecular flexibility index (Phi) is 3.60. The van der Waals surface area contributed by atoms with E-state index in [1.807, 2.05) is 0 Å². The first-order chi connectivity index (χ1) is 5.00. The van der Waals surface area contributed by atoms with E-state index in [-0.39, 0.29) is 11.6 Å². The quantitative estimate of drug-likeness (QED) is 0.278. The minimum absolute atomic E-state index is 0.0249. The van der Waals surface area contributed by atoms with Crippen molar-refractivity contribution in [3.8, 4) is 0 Å². The molecule has 0 rings (SSSR count). The maximum Gasteiger partial charge on any atom is 0.341 e. The van der Waals surface area contributed by atoms with E-state index in [4.69, 9.17) is 22.4 Å². The van der Waals surface area contributed by atoms with Crippen LogP contribution in [0.15, 0.2) is 11.3 Å². The van der Waals surface area contributed by atoms with Gasteiger partial charge < -0.3 is 10.8 Å². The van der Waals surface area contributed by atoms with Gasteiger partial charge in [-0.05, 0) is 6.92 Å². The molecule has 0 aliphatic heterocycles. The zero-order chi connectivity index (χ0) is 9.02. The van der Waals surface area contributed by atoms with Crippen molar-refractivity contribution in [1.29, 1.82) is 0 Å². The van der Waals surface area contributed by atoms with Crippen molar-refractivity contribution in [2.75, 3.05) is 5.88 Å². The van der Waals surface area contributed by atoms with Crippen molar-refractivity contribution >= 4 is 23.4 Å². The lowest BCUT2D eigenvalue weighted by Gasteiger charge is -1.99. The van der Waals surface area contributed by atoms with Crippen LogP contribution < -0.4 is 5.73 Å². The summed E-state index contributed by atoms with van der Waals surface area (Å²) in [4.78, 5) is 21.1. The van der Waals surface area contributed by atoms with Crippen molar-refractivity contribution < 1.29 is 14.7 Å². The number of carbonyl (C=O) groups is 2. The summed E-state index contributed by atoms with van der Waals surface area (Å²) in [6.07, 6.45) is 0. The van der Waals surface area contributed by atoms with E-state index in [1.165, 1.54) is 6.92 Å². The summed E-state index contributed by atoms with van der Waals surface area (Å²) in [5.41, 5.74) is 4.68. The van der Waals surface area contributed by atoms with Crippen LogP contribution in [0.25, 0.3) is 0 Å². The summed E-state index contributed by atoms with van der Waals surface area (Å²) >= 11 is 5.13. The Morgan fingerprint density at radius 2 is 2.00 bits per heavy atom. The SMILES string of the molecule is CC(N)=C(C(=O)O)C(=O)CCl. The summed E-state index contributed by atoms with van der Waals surface area (Å²) in [5.74, 6) is -2.37. The maximum absolute atomic E-state index is 10.7. The highest BCUT2D eigenvalue weighted by molar-refractivity contribution is 6.34. The van der Waals surface area contributed by atoms with Gasteiger partial charge in [0.1, 0.15) is 5.57 Å². The van der Waals surface area contributed by atoms with E-state index in [0.29, 0.717) is 0 Å². The van der Waals surface area contributed by atoms with Crippen LogP contribution in [0, 0.1) is 0 Å². The molecule has 3 N–H and O–H groups in total. The minimum atomic E-state index is -1.34. The molecule has 0 heterocycles. The Balaban J connectivity index is 4.79. The van der Waals surface area contributed by atoms with Crippen molar-refractivity contribution in [3.05, 3.63) is 11.3 Å². The number of allylic oxidation sites excluding steroid dienone is 1. The third kappa shape index (κ3) is 2.59. The van der Waals surface area contributed by atoms with Crippen LogP contribution in [-0.2, 0) is 9.59 Å². The molecule has 0 spiro atoms. The van der Waals surface area contributed by atoms with Gasteiger partial charge in [0.05, 0.1) is 5.88 Å². The zero-order valence-corrected chi connectivity index (χ0v) is 6.68. The fourth-order valence-electron chi connectivity index (χ4n) is 0.575. The second-order valence-corrected chi connectivity index (χ2v) is 2.19. The molecule has 0 aliphatic rings. The Hall–Kier alpha value is -1.03. The number of aliphatic carboxylic acids is 1. The number of nitrogens with two attached hydrogens (primary N) is 1. The van der Waals surface area contributed by atoms with Gasteiger partial charge in [0.15, 0.2) is 5.78 Å². The number of hydrogen-bond donors (Lipinski definition) is 2. The molecule has 0 saturated heterocycles. The van der Waals surface area contributed by atoms with Crippen LogP contribution in [0.2, 0.25) is 0 Å². The summed E-state index contributed by atoms with van der Waals surface area (Å²) < 4.78 is 0. The average molecular weight is 178 g/mol. The number of halogens is 1. The molecule has 0 atom stereocenters. The van der Waals surface area contributed by atoms with Crippen molar-refractivity contribution in [2.24, 2.45) is 5.73 Å². The molecule has 0 unspecified atom stereocenters. The lowest BCUT2D eigenvalue weighted by Crippen LogP contribution is -2.18. The van der Waals surface area contributed by atoms with E-state index >= 15 is 0 Å². The molecule has 0 saturated carbocycles. The summed E-state index contributed by atoms with van der Waals surface area (Å²) in [6, 6.07) is 0. The van der Waals surface area contributed by atoms with Crippen LogP contribution in [0.5, 0.6) is 0 Å². The normalized spacial score (nSPS) is 12.2. The third-order valence-electron chi connectivity index (χ3n) is 1.01. The second-order valence-electron chi connectivity index (χ2n) is 1.92. The van der Waals surface area contributed by atoms with E-state index in [0.717, 1.165) is 0 Å². The van der Waals surface area contributed by atoms with Crippen LogP contribution in [-0.4, -0.2) is 22.7 Å². The first kappa shape index (κ1) is 9.97. The molecule has 0 fully saturated rings. The molecule has 0 radical (unpaired) electrons. The Bertz CT molecular complexity index is 218. The first-order valence-corrected chi connectivity index (χ1v) is 3.33. The average Bonchev–Trinajstić information content (AvgIpc) is 1.85. The topological polar surface area (TPSA) is 80.4 Å². The smallest absolute Gasteiger partial charge is 0.341 e. The molecule has 0 amide bonds. The van der Waals surface area contributed by atoms with E-state index in [2.05, 4.69) is 0 Å². The maximum atomic E-state index is 10.7. The number of hydrogen-bond acceptors (Lipinski definition) is 3. The number of ketones is 1. The second kappa shape index (κ2) is 3.98. The van der Waals surface area contributed by atoms with Crippen LogP contribution in [0.4, 0.5) is 0 Å². The number of Topliss-reactive ketones (excluding diaryl/α,β-unsaturated/α-hetero) is 1. The highest BCUT2D eigenvalue weighted by Gasteiger charge is 2.17. The van der Waals surface area contributed by atoms with E-state index in [9.17, 15) is 9.59 Å². The monoisotopic (exact) mass is 177 g/mol. The number of rotatable bonds is 3. The summed E-state index contributed by atoms with van der Waals surface area (Å²) in [6.45, 7) is 1.34. The molecule has 4 nitrogen and oxygen atoms in total. The van der Waals surface area contributed by atoms with Gasteiger partial charge in [-0.25, -0.2) is 4.79 Å². The van der Waals surface area contributed by atoms with Gasteiger partial charge in [-0.2, -0.15) is 0 Å². The van der Waals surface area contributed by atoms with Crippen LogP contribution >= 0.6 is 11.6 Å². The first-order valence-electron chi connectivity index (χ1n) is 2.79. The van der Waals surface area contributed by atoms with Gasteiger partial charge in [-0.15, -0.1) is 11.6 Å². The van der Waals surface area contributed by atoms with Crippen molar-refractivity contribution in [1.82, 2.24) is 0 Å². The van der Waals surface area contributed by atoms with Crippen molar-refractivity contribution in [3.63, 3.8) is 0 Å². The predicted molar refractivity (Wildman–Crippen MR) is 40.3 cm³/mol. The lowest BCUT2D eigenvalue weighted by molar-refractivity contribution is -0.134. The highest BCUT2D eigenvalue weighted by atomic mass is 35.5. The van der Waals surface area contributed by atoms with Crippen molar-refractivity contribution in [2.45, 2.75) is 6.92 Å².